The fraction of sp³-hybridized carbons (Fsp3) is 0.467. The molecule has 1 saturated heterocycles. The predicted octanol–water partition coefficient (Wildman–Crippen LogP) is 1.19. The van der Waals surface area contributed by atoms with Gasteiger partial charge in [-0.1, -0.05) is 6.07 Å². The van der Waals surface area contributed by atoms with E-state index >= 15 is 0 Å². The number of nitrogens with zero attached hydrogens (tertiary/aromatic N) is 1. The van der Waals surface area contributed by atoms with E-state index in [1.165, 1.54) is 12.1 Å². The van der Waals surface area contributed by atoms with Crippen LogP contribution in [-0.2, 0) is 9.59 Å². The highest BCUT2D eigenvalue weighted by Crippen LogP contribution is 2.14. The van der Waals surface area contributed by atoms with Crippen LogP contribution in [0.1, 0.15) is 12.8 Å². The van der Waals surface area contributed by atoms with E-state index in [9.17, 15) is 14.0 Å². The molecule has 114 valence electrons. The number of ether oxygens (including phenoxy) is 1. The minimum Gasteiger partial charge on any atom is -0.492 e. The number of halogens is 1. The van der Waals surface area contributed by atoms with Crippen molar-refractivity contribution in [2.24, 2.45) is 5.92 Å². The quantitative estimate of drug-likeness (QED) is 0.887. The fourth-order valence-electron chi connectivity index (χ4n) is 2.22. The summed E-state index contributed by atoms with van der Waals surface area (Å²) in [4.78, 5) is 24.8. The molecular weight excluding hydrogens is 275 g/mol. The van der Waals surface area contributed by atoms with Crippen molar-refractivity contribution in [2.75, 3.05) is 26.7 Å². The van der Waals surface area contributed by atoms with Crippen LogP contribution in [0.2, 0.25) is 0 Å². The lowest BCUT2D eigenvalue weighted by Gasteiger charge is -2.26. The molecule has 1 aromatic rings. The Morgan fingerprint density at radius 1 is 1.52 bits per heavy atom. The summed E-state index contributed by atoms with van der Waals surface area (Å²) in [5.41, 5.74) is 0. The molecule has 0 bridgehead atoms. The van der Waals surface area contributed by atoms with Gasteiger partial charge in [-0.25, -0.2) is 4.39 Å². The number of carbonyl (C=O) groups excluding carboxylic acids is 2. The van der Waals surface area contributed by atoms with Crippen LogP contribution >= 0.6 is 0 Å². The largest absolute Gasteiger partial charge is 0.492 e. The number of nitrogens with one attached hydrogen (secondary N) is 1. The molecule has 1 atom stereocenters. The Kier molecular flexibility index (Phi) is 5.14. The number of piperidine rings is 1. The molecule has 2 amide bonds. The molecule has 0 radical (unpaired) electrons. The number of carbonyl (C=O) groups is 2. The summed E-state index contributed by atoms with van der Waals surface area (Å²) >= 11 is 0. The normalized spacial score (nSPS) is 18.0. The molecule has 1 aliphatic heterocycles. The molecule has 1 N–H and O–H groups in total. The molecule has 1 fully saturated rings. The summed E-state index contributed by atoms with van der Waals surface area (Å²) in [7, 11) is 1.70. The molecule has 0 aliphatic carbocycles. The standard InChI is InChI=1S/C15H19FN2O3/c1-18(15(20)11-5-6-14(19)17-10-11)7-8-21-13-4-2-3-12(16)9-13/h2-4,9,11H,5-8,10H2,1H3,(H,17,19). The number of amides is 2. The maximum absolute atomic E-state index is 13.0. The van der Waals surface area contributed by atoms with E-state index in [0.29, 0.717) is 38.3 Å². The van der Waals surface area contributed by atoms with Crippen molar-refractivity contribution >= 4 is 11.8 Å². The molecule has 1 aliphatic rings. The first-order chi connectivity index (χ1) is 10.1. The van der Waals surface area contributed by atoms with Crippen LogP contribution in [0.25, 0.3) is 0 Å². The average molecular weight is 294 g/mol. The van der Waals surface area contributed by atoms with Gasteiger partial charge in [0.15, 0.2) is 0 Å². The van der Waals surface area contributed by atoms with Gasteiger partial charge in [-0.05, 0) is 18.6 Å². The smallest absolute Gasteiger partial charge is 0.227 e. The van der Waals surface area contributed by atoms with Crippen molar-refractivity contribution in [3.05, 3.63) is 30.1 Å². The highest BCUT2D eigenvalue weighted by atomic mass is 19.1. The number of rotatable bonds is 5. The lowest BCUT2D eigenvalue weighted by atomic mass is 9.98. The van der Waals surface area contributed by atoms with E-state index in [2.05, 4.69) is 5.32 Å². The molecule has 1 unspecified atom stereocenters. The third kappa shape index (κ3) is 4.44. The Balaban J connectivity index is 1.75. The second-order valence-corrected chi connectivity index (χ2v) is 5.11. The van der Waals surface area contributed by atoms with Gasteiger partial charge in [0.05, 0.1) is 12.5 Å². The summed E-state index contributed by atoms with van der Waals surface area (Å²) in [5, 5.41) is 2.70. The van der Waals surface area contributed by atoms with Gasteiger partial charge in [-0.2, -0.15) is 0 Å². The third-order valence-electron chi connectivity index (χ3n) is 3.48. The Morgan fingerprint density at radius 2 is 2.33 bits per heavy atom. The summed E-state index contributed by atoms with van der Waals surface area (Å²) in [6, 6.07) is 5.89. The van der Waals surface area contributed by atoms with Gasteiger partial charge in [-0.15, -0.1) is 0 Å². The first-order valence-corrected chi connectivity index (χ1v) is 6.96. The van der Waals surface area contributed by atoms with Gasteiger partial charge in [0.2, 0.25) is 11.8 Å². The molecule has 1 heterocycles. The van der Waals surface area contributed by atoms with Crippen LogP contribution < -0.4 is 10.1 Å². The van der Waals surface area contributed by atoms with Gasteiger partial charge in [0.25, 0.3) is 0 Å². The number of hydrogen-bond donors (Lipinski definition) is 1. The lowest BCUT2D eigenvalue weighted by molar-refractivity contribution is -0.136. The molecule has 1 aromatic carbocycles. The molecule has 0 saturated carbocycles. The molecule has 6 heteroatoms. The number of likely N-dealkylation sites (N-methyl/N-ethyl adjacent to an activating group) is 1. The van der Waals surface area contributed by atoms with Crippen LogP contribution in [0.4, 0.5) is 4.39 Å². The lowest BCUT2D eigenvalue weighted by Crippen LogP contribution is -2.44. The van der Waals surface area contributed by atoms with Crippen molar-refractivity contribution in [3.63, 3.8) is 0 Å². The number of hydrogen-bond acceptors (Lipinski definition) is 3. The van der Waals surface area contributed by atoms with E-state index < -0.39 is 0 Å². The monoisotopic (exact) mass is 294 g/mol. The molecule has 5 nitrogen and oxygen atoms in total. The van der Waals surface area contributed by atoms with Crippen LogP contribution in [-0.4, -0.2) is 43.5 Å². The molecule has 0 spiro atoms. The minimum absolute atomic E-state index is 0.00200. The minimum atomic E-state index is -0.352. The second-order valence-electron chi connectivity index (χ2n) is 5.11. The maximum atomic E-state index is 13.0. The van der Waals surface area contributed by atoms with Gasteiger partial charge in [0, 0.05) is 26.1 Å². The Hall–Kier alpha value is -2.11. The van der Waals surface area contributed by atoms with Crippen LogP contribution in [0.15, 0.2) is 24.3 Å². The number of benzene rings is 1. The predicted molar refractivity (Wildman–Crippen MR) is 75.3 cm³/mol. The van der Waals surface area contributed by atoms with Gasteiger partial charge >= 0.3 is 0 Å². The zero-order valence-corrected chi connectivity index (χ0v) is 12.0. The van der Waals surface area contributed by atoms with Crippen molar-refractivity contribution in [3.8, 4) is 5.75 Å². The Morgan fingerprint density at radius 3 is 3.00 bits per heavy atom. The Labute approximate surface area is 123 Å². The van der Waals surface area contributed by atoms with Crippen molar-refractivity contribution in [1.29, 1.82) is 0 Å². The Bertz CT molecular complexity index is 511. The summed E-state index contributed by atoms with van der Waals surface area (Å²) < 4.78 is 18.4. The third-order valence-corrected chi connectivity index (χ3v) is 3.48. The highest BCUT2D eigenvalue weighted by Gasteiger charge is 2.26. The maximum Gasteiger partial charge on any atom is 0.227 e. The van der Waals surface area contributed by atoms with Crippen molar-refractivity contribution in [2.45, 2.75) is 12.8 Å². The van der Waals surface area contributed by atoms with E-state index in [-0.39, 0.29) is 23.5 Å². The second kappa shape index (κ2) is 7.06. The van der Waals surface area contributed by atoms with Gasteiger partial charge < -0.3 is 15.0 Å². The molecular formula is C15H19FN2O3. The fourth-order valence-corrected chi connectivity index (χ4v) is 2.22. The van der Waals surface area contributed by atoms with Crippen molar-refractivity contribution < 1.29 is 18.7 Å². The van der Waals surface area contributed by atoms with E-state index in [4.69, 9.17) is 4.74 Å². The molecule has 2 rings (SSSR count). The van der Waals surface area contributed by atoms with E-state index in [0.717, 1.165) is 0 Å². The zero-order chi connectivity index (χ0) is 15.2. The van der Waals surface area contributed by atoms with Gasteiger partial charge in [-0.3, -0.25) is 9.59 Å². The SMILES string of the molecule is CN(CCOc1cccc(F)c1)C(=O)C1CCC(=O)NC1. The van der Waals surface area contributed by atoms with Crippen LogP contribution in [0.3, 0.4) is 0 Å². The summed E-state index contributed by atoms with van der Waals surface area (Å²) in [6.45, 7) is 1.11. The molecule has 21 heavy (non-hydrogen) atoms. The summed E-state index contributed by atoms with van der Waals surface area (Å²) in [5.74, 6) is -0.0773. The average Bonchev–Trinajstić information content (AvgIpc) is 2.47. The van der Waals surface area contributed by atoms with E-state index in [1.54, 1.807) is 24.1 Å². The zero-order valence-electron chi connectivity index (χ0n) is 12.0. The van der Waals surface area contributed by atoms with E-state index in [1.807, 2.05) is 0 Å². The van der Waals surface area contributed by atoms with Crippen LogP contribution in [0.5, 0.6) is 5.75 Å². The first kappa shape index (κ1) is 15.3. The molecule has 0 aromatic heterocycles. The van der Waals surface area contributed by atoms with Gasteiger partial charge in [0.1, 0.15) is 18.2 Å². The first-order valence-electron chi connectivity index (χ1n) is 6.96. The van der Waals surface area contributed by atoms with Crippen molar-refractivity contribution in [1.82, 2.24) is 10.2 Å². The topological polar surface area (TPSA) is 58.6 Å². The summed E-state index contributed by atoms with van der Waals surface area (Å²) in [6.07, 6.45) is 0.976. The van der Waals surface area contributed by atoms with Crippen LogP contribution in [0, 0.1) is 11.7 Å². The highest BCUT2D eigenvalue weighted by molar-refractivity contribution is 5.83.